The Kier molecular flexibility index (Phi) is 1.91. The number of benzene rings is 1. The summed E-state index contributed by atoms with van der Waals surface area (Å²) in [6.07, 6.45) is 0. The molecule has 7 nitrogen and oxygen atoms in total. The molecule has 2 aromatic heterocycles. The highest BCUT2D eigenvalue weighted by Crippen LogP contribution is 2.23. The number of para-hydroxylation sites is 1. The lowest BCUT2D eigenvalue weighted by Crippen LogP contribution is -2.10. The lowest BCUT2D eigenvalue weighted by atomic mass is 10.2. The standard InChI is InChI=1S/C10H7N5O2/c11-7-8(16)5-3-1-2-4-6(5)17-9(7)10-12-14-15-13-10/h1-4H,11H2,(H,12,13,14,15). The first-order chi connectivity index (χ1) is 8.27. The van der Waals surface area contributed by atoms with Gasteiger partial charge in [0.25, 0.3) is 0 Å². The molecule has 0 aliphatic rings. The van der Waals surface area contributed by atoms with Crippen LogP contribution >= 0.6 is 0 Å². The fraction of sp³-hybridized carbons (Fsp3) is 0. The van der Waals surface area contributed by atoms with Crippen molar-refractivity contribution < 1.29 is 4.42 Å². The van der Waals surface area contributed by atoms with E-state index in [1.807, 2.05) is 0 Å². The molecule has 0 radical (unpaired) electrons. The van der Waals surface area contributed by atoms with Crippen molar-refractivity contribution in [1.29, 1.82) is 0 Å². The van der Waals surface area contributed by atoms with Crippen molar-refractivity contribution in [2.24, 2.45) is 0 Å². The summed E-state index contributed by atoms with van der Waals surface area (Å²) in [5, 5.41) is 13.6. The number of nitrogen functional groups attached to an aromatic ring is 1. The molecule has 0 saturated heterocycles. The van der Waals surface area contributed by atoms with E-state index < -0.39 is 0 Å². The molecule has 17 heavy (non-hydrogen) atoms. The molecule has 0 fully saturated rings. The maximum atomic E-state index is 12.0. The molecule has 84 valence electrons. The molecule has 0 bridgehead atoms. The van der Waals surface area contributed by atoms with Crippen LogP contribution in [0.4, 0.5) is 5.69 Å². The summed E-state index contributed by atoms with van der Waals surface area (Å²) in [6.45, 7) is 0. The van der Waals surface area contributed by atoms with Gasteiger partial charge in [-0.05, 0) is 17.3 Å². The van der Waals surface area contributed by atoms with Crippen LogP contribution in [0.25, 0.3) is 22.6 Å². The van der Waals surface area contributed by atoms with E-state index >= 15 is 0 Å². The molecular formula is C10H7N5O2. The van der Waals surface area contributed by atoms with Crippen molar-refractivity contribution in [2.75, 3.05) is 5.73 Å². The zero-order chi connectivity index (χ0) is 11.8. The maximum Gasteiger partial charge on any atom is 0.242 e. The van der Waals surface area contributed by atoms with Crippen molar-refractivity contribution >= 4 is 16.7 Å². The minimum atomic E-state index is -0.299. The molecule has 2 heterocycles. The van der Waals surface area contributed by atoms with Gasteiger partial charge in [-0.2, -0.15) is 5.21 Å². The number of fused-ring (bicyclic) bond motifs is 1. The van der Waals surface area contributed by atoms with Gasteiger partial charge in [-0.3, -0.25) is 4.79 Å². The van der Waals surface area contributed by atoms with Gasteiger partial charge >= 0.3 is 0 Å². The molecule has 3 aromatic rings. The lowest BCUT2D eigenvalue weighted by molar-refractivity contribution is 0.615. The van der Waals surface area contributed by atoms with E-state index in [4.69, 9.17) is 10.2 Å². The van der Waals surface area contributed by atoms with Crippen LogP contribution in [0.3, 0.4) is 0 Å². The number of rotatable bonds is 1. The topological polar surface area (TPSA) is 111 Å². The van der Waals surface area contributed by atoms with Gasteiger partial charge < -0.3 is 10.2 Å². The normalized spacial score (nSPS) is 10.8. The number of nitrogens with zero attached hydrogens (tertiary/aromatic N) is 3. The highest BCUT2D eigenvalue weighted by Gasteiger charge is 2.16. The number of tetrazole rings is 1. The minimum Gasteiger partial charge on any atom is -0.450 e. The Bertz CT molecular complexity index is 732. The molecular weight excluding hydrogens is 222 g/mol. The molecule has 0 saturated carbocycles. The predicted octanol–water partition coefficient (Wildman–Crippen LogP) is 0.555. The molecule has 3 rings (SSSR count). The Balaban J connectivity index is 2.42. The Morgan fingerprint density at radius 3 is 2.88 bits per heavy atom. The summed E-state index contributed by atoms with van der Waals surface area (Å²) in [7, 11) is 0. The number of aromatic amines is 1. The summed E-state index contributed by atoms with van der Waals surface area (Å²) in [6, 6.07) is 6.84. The van der Waals surface area contributed by atoms with E-state index in [-0.39, 0.29) is 22.7 Å². The van der Waals surface area contributed by atoms with Crippen molar-refractivity contribution in [3.05, 3.63) is 34.5 Å². The van der Waals surface area contributed by atoms with E-state index in [1.165, 1.54) is 0 Å². The first-order valence-electron chi connectivity index (χ1n) is 4.82. The van der Waals surface area contributed by atoms with Crippen molar-refractivity contribution in [2.45, 2.75) is 0 Å². The third kappa shape index (κ3) is 1.36. The van der Waals surface area contributed by atoms with E-state index in [0.29, 0.717) is 11.0 Å². The monoisotopic (exact) mass is 229 g/mol. The molecule has 0 atom stereocenters. The zero-order valence-corrected chi connectivity index (χ0v) is 8.54. The fourth-order valence-electron chi connectivity index (χ4n) is 1.58. The van der Waals surface area contributed by atoms with Crippen LogP contribution in [0, 0.1) is 0 Å². The largest absolute Gasteiger partial charge is 0.450 e. The second-order valence-corrected chi connectivity index (χ2v) is 3.41. The number of aromatic nitrogens is 4. The SMILES string of the molecule is Nc1c(-c2nn[nH]n2)oc2ccccc2c1=O. The van der Waals surface area contributed by atoms with Gasteiger partial charge in [-0.25, -0.2) is 0 Å². The first-order valence-corrected chi connectivity index (χ1v) is 4.82. The highest BCUT2D eigenvalue weighted by atomic mass is 16.3. The molecule has 0 aliphatic carbocycles. The Morgan fingerprint density at radius 1 is 1.29 bits per heavy atom. The second-order valence-electron chi connectivity index (χ2n) is 3.41. The summed E-state index contributed by atoms with van der Waals surface area (Å²) in [5.41, 5.74) is 5.83. The van der Waals surface area contributed by atoms with E-state index in [1.54, 1.807) is 24.3 Å². The maximum absolute atomic E-state index is 12.0. The Hall–Kier alpha value is -2.70. The van der Waals surface area contributed by atoms with Gasteiger partial charge in [-0.15, -0.1) is 10.2 Å². The summed E-state index contributed by atoms with van der Waals surface area (Å²) in [5.74, 6) is 0.285. The molecule has 0 amide bonds. The minimum absolute atomic E-state index is 0.0231. The van der Waals surface area contributed by atoms with Crippen LogP contribution in [0.5, 0.6) is 0 Å². The number of anilines is 1. The quantitative estimate of drug-likeness (QED) is 0.630. The predicted molar refractivity (Wildman–Crippen MR) is 60.1 cm³/mol. The van der Waals surface area contributed by atoms with E-state index in [2.05, 4.69) is 20.6 Å². The van der Waals surface area contributed by atoms with Crippen molar-refractivity contribution in [3.8, 4) is 11.6 Å². The number of nitrogens with two attached hydrogens (primary N) is 1. The Morgan fingerprint density at radius 2 is 2.12 bits per heavy atom. The average molecular weight is 229 g/mol. The third-order valence-electron chi connectivity index (χ3n) is 2.38. The number of H-pyrrole nitrogens is 1. The highest BCUT2D eigenvalue weighted by molar-refractivity contribution is 5.83. The molecule has 0 unspecified atom stereocenters. The molecule has 0 aliphatic heterocycles. The number of hydrogen-bond donors (Lipinski definition) is 2. The van der Waals surface area contributed by atoms with Crippen molar-refractivity contribution in [3.63, 3.8) is 0 Å². The van der Waals surface area contributed by atoms with Crippen LogP contribution in [-0.2, 0) is 0 Å². The van der Waals surface area contributed by atoms with Gasteiger partial charge in [0.05, 0.1) is 5.39 Å². The van der Waals surface area contributed by atoms with Crippen LogP contribution < -0.4 is 11.2 Å². The van der Waals surface area contributed by atoms with Crippen LogP contribution in [0.1, 0.15) is 0 Å². The molecule has 3 N–H and O–H groups in total. The van der Waals surface area contributed by atoms with E-state index in [0.717, 1.165) is 0 Å². The number of hydrogen-bond acceptors (Lipinski definition) is 6. The summed E-state index contributed by atoms with van der Waals surface area (Å²) in [4.78, 5) is 12.0. The fourth-order valence-corrected chi connectivity index (χ4v) is 1.58. The smallest absolute Gasteiger partial charge is 0.242 e. The van der Waals surface area contributed by atoms with Gasteiger partial charge in [0, 0.05) is 0 Å². The van der Waals surface area contributed by atoms with Crippen LogP contribution in [0.15, 0.2) is 33.5 Å². The van der Waals surface area contributed by atoms with E-state index in [9.17, 15) is 4.79 Å². The molecule has 7 heteroatoms. The van der Waals surface area contributed by atoms with Gasteiger partial charge in [-0.1, -0.05) is 12.1 Å². The third-order valence-corrected chi connectivity index (χ3v) is 2.38. The lowest BCUT2D eigenvalue weighted by Gasteiger charge is -2.02. The van der Waals surface area contributed by atoms with Crippen molar-refractivity contribution in [1.82, 2.24) is 20.6 Å². The summed E-state index contributed by atoms with van der Waals surface area (Å²) < 4.78 is 5.51. The first kappa shape index (κ1) is 9.52. The van der Waals surface area contributed by atoms with Crippen LogP contribution in [0.2, 0.25) is 0 Å². The average Bonchev–Trinajstić information content (AvgIpc) is 2.87. The zero-order valence-electron chi connectivity index (χ0n) is 8.54. The summed E-state index contributed by atoms with van der Waals surface area (Å²) >= 11 is 0. The van der Waals surface area contributed by atoms with Gasteiger partial charge in [0.2, 0.25) is 17.0 Å². The Labute approximate surface area is 94.2 Å². The van der Waals surface area contributed by atoms with Crippen LogP contribution in [-0.4, -0.2) is 20.6 Å². The van der Waals surface area contributed by atoms with Gasteiger partial charge in [0.15, 0.2) is 0 Å². The molecule has 0 spiro atoms. The number of nitrogens with one attached hydrogen (secondary N) is 1. The second kappa shape index (κ2) is 3.41. The molecule has 1 aromatic carbocycles. The van der Waals surface area contributed by atoms with Gasteiger partial charge in [0.1, 0.15) is 11.3 Å².